The van der Waals surface area contributed by atoms with Crippen molar-refractivity contribution in [3.05, 3.63) is 45.8 Å². The van der Waals surface area contributed by atoms with E-state index in [1.165, 1.54) is 0 Å². The Balaban J connectivity index is 2.36. The number of hydrogen-bond acceptors (Lipinski definition) is 5. The van der Waals surface area contributed by atoms with Gasteiger partial charge in [0, 0.05) is 42.4 Å². The minimum atomic E-state index is -4.20. The second-order valence-electron chi connectivity index (χ2n) is 3.68. The van der Waals surface area contributed by atoms with Gasteiger partial charge in [0.05, 0.1) is 6.33 Å². The SMILES string of the molecule is O=c1[nH]c(=O)n(CCn2ccnc2)cc1S(=O)(=O)Cl. The number of aromatic nitrogens is 4. The van der Waals surface area contributed by atoms with Crippen LogP contribution in [-0.2, 0) is 22.1 Å². The highest BCUT2D eigenvalue weighted by molar-refractivity contribution is 8.13. The van der Waals surface area contributed by atoms with Crippen LogP contribution < -0.4 is 11.2 Å². The molecule has 8 nitrogen and oxygen atoms in total. The molecule has 0 amide bonds. The Morgan fingerprint density at radius 3 is 2.63 bits per heavy atom. The highest BCUT2D eigenvalue weighted by Crippen LogP contribution is 2.07. The molecule has 0 radical (unpaired) electrons. The molecule has 0 fully saturated rings. The molecule has 0 aliphatic carbocycles. The van der Waals surface area contributed by atoms with E-state index in [9.17, 15) is 18.0 Å². The number of hydrogen-bond donors (Lipinski definition) is 1. The van der Waals surface area contributed by atoms with E-state index in [0.29, 0.717) is 6.54 Å². The predicted octanol–water partition coefficient (Wildman–Crippen LogP) is -0.639. The Morgan fingerprint density at radius 2 is 2.05 bits per heavy atom. The number of H-pyrrole nitrogens is 1. The maximum absolute atomic E-state index is 11.5. The lowest BCUT2D eigenvalue weighted by atomic mass is 10.5. The van der Waals surface area contributed by atoms with Crippen LogP contribution >= 0.6 is 10.7 Å². The fourth-order valence-corrected chi connectivity index (χ4v) is 2.33. The van der Waals surface area contributed by atoms with E-state index in [0.717, 1.165) is 10.8 Å². The molecule has 0 aliphatic rings. The Bertz CT molecular complexity index is 790. The highest BCUT2D eigenvalue weighted by Gasteiger charge is 2.17. The number of imidazole rings is 1. The average molecular weight is 305 g/mol. The van der Waals surface area contributed by atoms with E-state index < -0.39 is 25.2 Å². The fraction of sp³-hybridized carbons (Fsp3) is 0.222. The van der Waals surface area contributed by atoms with Gasteiger partial charge in [0.1, 0.15) is 0 Å². The molecule has 2 aromatic rings. The summed E-state index contributed by atoms with van der Waals surface area (Å²) in [4.78, 5) is 27.9. The Kier molecular flexibility index (Phi) is 3.58. The summed E-state index contributed by atoms with van der Waals surface area (Å²) in [6, 6.07) is 0. The zero-order chi connectivity index (χ0) is 14.0. The first-order chi connectivity index (χ1) is 8.88. The molecule has 0 saturated heterocycles. The molecular weight excluding hydrogens is 296 g/mol. The van der Waals surface area contributed by atoms with Crippen molar-refractivity contribution in [2.75, 3.05) is 0 Å². The van der Waals surface area contributed by atoms with Crippen LogP contribution in [0.3, 0.4) is 0 Å². The first-order valence-electron chi connectivity index (χ1n) is 5.12. The molecule has 10 heteroatoms. The second kappa shape index (κ2) is 5.02. The molecule has 0 atom stereocenters. The summed E-state index contributed by atoms with van der Waals surface area (Å²) in [5.74, 6) is 0. The zero-order valence-electron chi connectivity index (χ0n) is 9.48. The normalized spacial score (nSPS) is 11.6. The van der Waals surface area contributed by atoms with E-state index in [4.69, 9.17) is 10.7 Å². The van der Waals surface area contributed by atoms with E-state index >= 15 is 0 Å². The topological polar surface area (TPSA) is 107 Å². The average Bonchev–Trinajstić information content (AvgIpc) is 2.79. The summed E-state index contributed by atoms with van der Waals surface area (Å²) in [5, 5.41) is 0. The minimum Gasteiger partial charge on any atom is -0.336 e. The van der Waals surface area contributed by atoms with Crippen LogP contribution in [0.4, 0.5) is 0 Å². The van der Waals surface area contributed by atoms with Gasteiger partial charge in [-0.15, -0.1) is 0 Å². The molecular formula is C9H9ClN4O4S. The largest absolute Gasteiger partial charge is 0.336 e. The van der Waals surface area contributed by atoms with Crippen molar-refractivity contribution in [2.45, 2.75) is 18.0 Å². The van der Waals surface area contributed by atoms with Gasteiger partial charge in [0.15, 0.2) is 4.90 Å². The van der Waals surface area contributed by atoms with Crippen molar-refractivity contribution in [2.24, 2.45) is 0 Å². The predicted molar refractivity (Wildman–Crippen MR) is 66.6 cm³/mol. The Hall–Kier alpha value is -1.87. The van der Waals surface area contributed by atoms with Gasteiger partial charge >= 0.3 is 5.69 Å². The van der Waals surface area contributed by atoms with Gasteiger partial charge in [0.2, 0.25) is 0 Å². The number of halogens is 1. The number of nitrogens with zero attached hydrogens (tertiary/aromatic N) is 3. The van der Waals surface area contributed by atoms with Crippen LogP contribution in [-0.4, -0.2) is 27.5 Å². The lowest BCUT2D eigenvalue weighted by molar-refractivity contribution is 0.544. The van der Waals surface area contributed by atoms with Crippen LogP contribution in [0.1, 0.15) is 0 Å². The number of rotatable bonds is 4. The number of nitrogens with one attached hydrogen (secondary N) is 1. The van der Waals surface area contributed by atoms with Gasteiger partial charge in [-0.2, -0.15) is 0 Å². The molecule has 2 rings (SSSR count). The van der Waals surface area contributed by atoms with Crippen LogP contribution in [0.2, 0.25) is 0 Å². The molecule has 0 bridgehead atoms. The molecule has 2 heterocycles. The van der Waals surface area contributed by atoms with Crippen molar-refractivity contribution < 1.29 is 8.42 Å². The molecule has 0 saturated carbocycles. The summed E-state index contributed by atoms with van der Waals surface area (Å²) in [6.45, 7) is 0.569. The lowest BCUT2D eigenvalue weighted by Crippen LogP contribution is -2.33. The van der Waals surface area contributed by atoms with Crippen molar-refractivity contribution in [3.63, 3.8) is 0 Å². The third-order valence-electron chi connectivity index (χ3n) is 2.40. The summed E-state index contributed by atoms with van der Waals surface area (Å²) < 4.78 is 25.1. The van der Waals surface area contributed by atoms with Gasteiger partial charge < -0.3 is 4.57 Å². The third kappa shape index (κ3) is 3.12. The van der Waals surface area contributed by atoms with E-state index in [-0.39, 0.29) is 6.54 Å². The Morgan fingerprint density at radius 1 is 1.32 bits per heavy atom. The summed E-state index contributed by atoms with van der Waals surface area (Å²) in [5.41, 5.74) is -1.73. The van der Waals surface area contributed by atoms with E-state index in [1.54, 1.807) is 23.3 Å². The summed E-state index contributed by atoms with van der Waals surface area (Å²) in [7, 11) is 0.914. The van der Waals surface area contributed by atoms with E-state index in [1.807, 2.05) is 4.98 Å². The zero-order valence-corrected chi connectivity index (χ0v) is 11.1. The van der Waals surface area contributed by atoms with E-state index in [2.05, 4.69) is 4.98 Å². The maximum Gasteiger partial charge on any atom is 0.328 e. The molecule has 0 spiro atoms. The third-order valence-corrected chi connectivity index (χ3v) is 3.71. The van der Waals surface area contributed by atoms with Crippen molar-refractivity contribution in [1.82, 2.24) is 19.1 Å². The molecule has 1 N–H and O–H groups in total. The second-order valence-corrected chi connectivity index (χ2v) is 6.22. The smallest absolute Gasteiger partial charge is 0.328 e. The molecule has 0 aromatic carbocycles. The number of aromatic amines is 1. The van der Waals surface area contributed by atoms with Crippen LogP contribution in [0.25, 0.3) is 0 Å². The highest BCUT2D eigenvalue weighted by atomic mass is 35.7. The molecule has 0 aliphatic heterocycles. The van der Waals surface area contributed by atoms with Crippen LogP contribution in [0, 0.1) is 0 Å². The molecule has 19 heavy (non-hydrogen) atoms. The fourth-order valence-electron chi connectivity index (χ4n) is 1.47. The van der Waals surface area contributed by atoms with Crippen molar-refractivity contribution in [1.29, 1.82) is 0 Å². The monoisotopic (exact) mass is 304 g/mol. The lowest BCUT2D eigenvalue weighted by Gasteiger charge is -2.06. The Labute approximate surface area is 111 Å². The molecule has 2 aromatic heterocycles. The number of aryl methyl sites for hydroxylation is 2. The summed E-state index contributed by atoms with van der Waals surface area (Å²) >= 11 is 0. The van der Waals surface area contributed by atoms with Gasteiger partial charge in [-0.25, -0.2) is 18.2 Å². The van der Waals surface area contributed by atoms with Crippen LogP contribution in [0.15, 0.2) is 39.4 Å². The van der Waals surface area contributed by atoms with Gasteiger partial charge in [-0.3, -0.25) is 14.3 Å². The first-order valence-corrected chi connectivity index (χ1v) is 7.43. The molecule has 102 valence electrons. The van der Waals surface area contributed by atoms with Crippen LogP contribution in [0.5, 0.6) is 0 Å². The maximum atomic E-state index is 11.5. The quantitative estimate of drug-likeness (QED) is 0.756. The molecule has 0 unspecified atom stereocenters. The van der Waals surface area contributed by atoms with Gasteiger partial charge in [-0.05, 0) is 0 Å². The van der Waals surface area contributed by atoms with Crippen molar-refractivity contribution in [3.8, 4) is 0 Å². The van der Waals surface area contributed by atoms with Gasteiger partial charge in [0.25, 0.3) is 14.6 Å². The summed E-state index contributed by atoms with van der Waals surface area (Å²) in [6.07, 6.45) is 5.75. The standard InChI is InChI=1S/C9H9ClN4O4S/c10-19(17,18)7-5-14(9(16)12-8(7)15)4-3-13-2-1-11-6-13/h1-2,5-6H,3-4H2,(H,12,15,16). The minimum absolute atomic E-state index is 0.172. The van der Waals surface area contributed by atoms with Crippen molar-refractivity contribution >= 4 is 19.7 Å². The first kappa shape index (κ1) is 13.6. The van der Waals surface area contributed by atoms with Gasteiger partial charge in [-0.1, -0.05) is 0 Å².